The number of carbonyl (C=O) groups excluding carboxylic acids is 1. The smallest absolute Gasteiger partial charge is 0.236 e. The number of fused-ring (bicyclic) bond motifs is 1. The van der Waals surface area contributed by atoms with Gasteiger partial charge in [0.1, 0.15) is 12.4 Å². The van der Waals surface area contributed by atoms with Crippen LogP contribution in [0.2, 0.25) is 0 Å². The van der Waals surface area contributed by atoms with E-state index in [9.17, 15) is 13.2 Å². The van der Waals surface area contributed by atoms with Crippen molar-refractivity contribution in [2.75, 3.05) is 16.6 Å². The van der Waals surface area contributed by atoms with Crippen molar-refractivity contribution in [2.24, 2.45) is 5.41 Å². The Labute approximate surface area is 153 Å². The third-order valence-electron chi connectivity index (χ3n) is 4.14. The normalized spacial score (nSPS) is 16.0. The molecule has 0 saturated carbocycles. The number of sulfonamides is 1. The lowest BCUT2D eigenvalue weighted by molar-refractivity contribution is -0.124. The number of nitrogens with one attached hydrogen (secondary N) is 2. The van der Waals surface area contributed by atoms with Gasteiger partial charge in [-0.05, 0) is 44.5 Å². The summed E-state index contributed by atoms with van der Waals surface area (Å²) in [6.45, 7) is 5.75. The van der Waals surface area contributed by atoms with Crippen LogP contribution in [-0.2, 0) is 20.6 Å². The van der Waals surface area contributed by atoms with Gasteiger partial charge in [0.25, 0.3) is 0 Å². The maximum Gasteiger partial charge on any atom is 0.236 e. The number of carbonyl (C=O) groups is 1. The first-order chi connectivity index (χ1) is 12.1. The first-order valence-electron chi connectivity index (χ1n) is 8.29. The molecule has 0 fully saturated rings. The van der Waals surface area contributed by atoms with Gasteiger partial charge in [0.2, 0.25) is 15.9 Å². The number of amides is 1. The lowest BCUT2D eigenvalue weighted by Crippen LogP contribution is -2.33. The van der Waals surface area contributed by atoms with Gasteiger partial charge < -0.3 is 10.1 Å². The molecule has 138 valence electrons. The summed E-state index contributed by atoms with van der Waals surface area (Å²) in [4.78, 5) is 12.2. The van der Waals surface area contributed by atoms with Crippen LogP contribution in [0.15, 0.2) is 42.5 Å². The van der Waals surface area contributed by atoms with Gasteiger partial charge in [0.05, 0.1) is 22.5 Å². The van der Waals surface area contributed by atoms with Crippen molar-refractivity contribution in [3.05, 3.63) is 53.6 Å². The molecule has 0 atom stereocenters. The van der Waals surface area contributed by atoms with Crippen LogP contribution in [-0.4, -0.2) is 20.9 Å². The first kappa shape index (κ1) is 18.3. The van der Waals surface area contributed by atoms with Crippen molar-refractivity contribution < 1.29 is 17.9 Å². The van der Waals surface area contributed by atoms with Crippen molar-refractivity contribution in [1.82, 2.24) is 0 Å². The summed E-state index contributed by atoms with van der Waals surface area (Å²) in [7, 11) is -3.58. The van der Waals surface area contributed by atoms with Gasteiger partial charge in [0, 0.05) is 0 Å². The second-order valence-corrected chi connectivity index (χ2v) is 8.91. The number of anilines is 2. The van der Waals surface area contributed by atoms with Crippen LogP contribution in [0.3, 0.4) is 0 Å². The predicted octanol–water partition coefficient (Wildman–Crippen LogP) is 3.29. The highest BCUT2D eigenvalue weighted by Crippen LogP contribution is 2.34. The van der Waals surface area contributed by atoms with Crippen molar-refractivity contribution in [1.29, 1.82) is 0 Å². The van der Waals surface area contributed by atoms with Gasteiger partial charge in [-0.1, -0.05) is 29.8 Å². The SMILES string of the molecule is Cc1cccc(CS(=O)(=O)Nc2ccc3c(c2)NC(=O)C(C)(C)CO3)c1. The van der Waals surface area contributed by atoms with E-state index < -0.39 is 15.4 Å². The summed E-state index contributed by atoms with van der Waals surface area (Å²) in [5.41, 5.74) is 1.89. The summed E-state index contributed by atoms with van der Waals surface area (Å²) in [6.07, 6.45) is 0. The number of ether oxygens (including phenoxy) is 1. The molecule has 1 aliphatic heterocycles. The molecular weight excluding hydrogens is 352 g/mol. The van der Waals surface area contributed by atoms with E-state index in [1.807, 2.05) is 25.1 Å². The summed E-state index contributed by atoms with van der Waals surface area (Å²) >= 11 is 0. The molecule has 2 N–H and O–H groups in total. The van der Waals surface area contributed by atoms with E-state index in [1.54, 1.807) is 38.1 Å². The molecule has 0 spiro atoms. The number of hydrogen-bond donors (Lipinski definition) is 2. The minimum Gasteiger partial charge on any atom is -0.490 e. The highest BCUT2D eigenvalue weighted by Gasteiger charge is 2.32. The highest BCUT2D eigenvalue weighted by atomic mass is 32.2. The Morgan fingerprint density at radius 1 is 1.19 bits per heavy atom. The van der Waals surface area contributed by atoms with E-state index in [0.717, 1.165) is 5.56 Å². The van der Waals surface area contributed by atoms with Gasteiger partial charge in [0.15, 0.2) is 0 Å². The Hall–Kier alpha value is -2.54. The first-order valence-corrected chi connectivity index (χ1v) is 9.94. The Morgan fingerprint density at radius 2 is 1.96 bits per heavy atom. The molecule has 1 heterocycles. The van der Waals surface area contributed by atoms with Gasteiger partial charge in [-0.2, -0.15) is 0 Å². The van der Waals surface area contributed by atoms with Gasteiger partial charge in [-0.3, -0.25) is 9.52 Å². The van der Waals surface area contributed by atoms with Crippen molar-refractivity contribution in [2.45, 2.75) is 26.5 Å². The standard InChI is InChI=1S/C19H22N2O4S/c1-13-5-4-6-14(9-13)11-26(23,24)21-15-7-8-17-16(10-15)20-18(22)19(2,3)12-25-17/h4-10,21H,11-12H2,1-3H3,(H,20,22). The van der Waals surface area contributed by atoms with Gasteiger partial charge in [-0.15, -0.1) is 0 Å². The highest BCUT2D eigenvalue weighted by molar-refractivity contribution is 7.91. The maximum absolute atomic E-state index is 12.5. The zero-order valence-electron chi connectivity index (χ0n) is 15.0. The van der Waals surface area contributed by atoms with Crippen LogP contribution in [0.25, 0.3) is 0 Å². The Morgan fingerprint density at radius 3 is 2.69 bits per heavy atom. The van der Waals surface area contributed by atoms with Gasteiger partial charge >= 0.3 is 0 Å². The van der Waals surface area contributed by atoms with E-state index in [4.69, 9.17) is 4.74 Å². The largest absolute Gasteiger partial charge is 0.490 e. The summed E-state index contributed by atoms with van der Waals surface area (Å²) in [5, 5.41) is 2.80. The van der Waals surface area contributed by atoms with E-state index in [-0.39, 0.29) is 18.3 Å². The summed E-state index contributed by atoms with van der Waals surface area (Å²) in [5.74, 6) is 0.225. The molecule has 2 aromatic rings. The zero-order valence-corrected chi connectivity index (χ0v) is 15.8. The van der Waals surface area contributed by atoms with Crippen molar-refractivity contribution in [3.63, 3.8) is 0 Å². The molecule has 0 aromatic heterocycles. The van der Waals surface area contributed by atoms with Crippen molar-refractivity contribution >= 4 is 27.3 Å². The topological polar surface area (TPSA) is 84.5 Å². The molecule has 6 nitrogen and oxygen atoms in total. The van der Waals surface area contributed by atoms with Crippen LogP contribution < -0.4 is 14.8 Å². The van der Waals surface area contributed by atoms with E-state index in [1.165, 1.54) is 0 Å². The molecule has 0 radical (unpaired) electrons. The molecule has 0 saturated heterocycles. The molecule has 0 bridgehead atoms. The molecule has 2 aromatic carbocycles. The van der Waals surface area contributed by atoms with Gasteiger partial charge in [-0.25, -0.2) is 8.42 Å². The second-order valence-electron chi connectivity index (χ2n) is 7.19. The fraction of sp³-hybridized carbons (Fsp3) is 0.316. The molecule has 3 rings (SSSR count). The quantitative estimate of drug-likeness (QED) is 0.860. The average Bonchev–Trinajstić information content (AvgIpc) is 2.63. The lowest BCUT2D eigenvalue weighted by atomic mass is 9.94. The number of benzene rings is 2. The van der Waals surface area contributed by atoms with E-state index in [2.05, 4.69) is 10.0 Å². The fourth-order valence-corrected chi connectivity index (χ4v) is 3.85. The molecule has 0 unspecified atom stereocenters. The minimum absolute atomic E-state index is 0.123. The lowest BCUT2D eigenvalue weighted by Gasteiger charge is -2.18. The van der Waals surface area contributed by atoms with E-state index in [0.29, 0.717) is 22.7 Å². The van der Waals surface area contributed by atoms with Crippen molar-refractivity contribution in [3.8, 4) is 5.75 Å². The molecule has 7 heteroatoms. The van der Waals surface area contributed by atoms with E-state index >= 15 is 0 Å². The molecule has 26 heavy (non-hydrogen) atoms. The van der Waals surface area contributed by atoms with Crippen LogP contribution in [0.4, 0.5) is 11.4 Å². The number of aryl methyl sites for hydroxylation is 1. The minimum atomic E-state index is -3.58. The Balaban J connectivity index is 1.80. The predicted molar refractivity (Wildman–Crippen MR) is 102 cm³/mol. The molecular formula is C19H22N2O4S. The van der Waals surface area contributed by atoms with Crippen LogP contribution >= 0.6 is 0 Å². The average molecular weight is 374 g/mol. The van der Waals surface area contributed by atoms with Crippen LogP contribution in [0.1, 0.15) is 25.0 Å². The fourth-order valence-electron chi connectivity index (χ4n) is 2.67. The third kappa shape index (κ3) is 4.16. The maximum atomic E-state index is 12.5. The molecule has 1 amide bonds. The molecule has 0 aliphatic carbocycles. The molecule has 1 aliphatic rings. The Kier molecular flexibility index (Phi) is 4.66. The van der Waals surface area contributed by atoms with Crippen LogP contribution in [0.5, 0.6) is 5.75 Å². The monoisotopic (exact) mass is 374 g/mol. The number of hydrogen-bond acceptors (Lipinski definition) is 4. The third-order valence-corrected chi connectivity index (χ3v) is 5.40. The summed E-state index contributed by atoms with van der Waals surface area (Å²) in [6, 6.07) is 12.2. The summed E-state index contributed by atoms with van der Waals surface area (Å²) < 4.78 is 33.1. The Bertz CT molecular complexity index is 952. The zero-order chi connectivity index (χ0) is 18.9. The van der Waals surface area contributed by atoms with Crippen LogP contribution in [0, 0.1) is 12.3 Å². The number of rotatable bonds is 4. The second kappa shape index (κ2) is 6.64.